The van der Waals surface area contributed by atoms with Gasteiger partial charge in [0.2, 0.25) is 0 Å². The molecule has 3 nitrogen and oxygen atoms in total. The SMILES string of the molecule is Cc1c(C(=O)[O-])cccc1N1CCCC1. The highest BCUT2D eigenvalue weighted by atomic mass is 16.4. The van der Waals surface area contributed by atoms with Crippen molar-refractivity contribution in [2.75, 3.05) is 18.0 Å². The number of carboxylic acid groups (broad SMARTS) is 1. The topological polar surface area (TPSA) is 43.4 Å². The van der Waals surface area contributed by atoms with Gasteiger partial charge in [-0.15, -0.1) is 0 Å². The van der Waals surface area contributed by atoms with E-state index in [1.165, 1.54) is 12.8 Å². The van der Waals surface area contributed by atoms with Gasteiger partial charge in [0.1, 0.15) is 0 Å². The molecule has 1 fully saturated rings. The largest absolute Gasteiger partial charge is 0.545 e. The zero-order valence-electron chi connectivity index (χ0n) is 8.82. The first-order valence-electron chi connectivity index (χ1n) is 5.26. The van der Waals surface area contributed by atoms with E-state index in [2.05, 4.69) is 4.90 Å². The summed E-state index contributed by atoms with van der Waals surface area (Å²) in [4.78, 5) is 13.1. The maximum absolute atomic E-state index is 10.9. The van der Waals surface area contributed by atoms with Gasteiger partial charge in [0.05, 0.1) is 5.97 Å². The molecule has 1 aliphatic heterocycles. The molecule has 0 saturated carbocycles. The number of carbonyl (C=O) groups is 1. The van der Waals surface area contributed by atoms with Gasteiger partial charge in [-0.3, -0.25) is 0 Å². The molecule has 1 aliphatic rings. The van der Waals surface area contributed by atoms with Crippen molar-refractivity contribution in [1.29, 1.82) is 0 Å². The molecule has 1 saturated heterocycles. The number of carboxylic acids is 1. The number of hydrogen-bond acceptors (Lipinski definition) is 3. The van der Waals surface area contributed by atoms with E-state index in [9.17, 15) is 9.90 Å². The molecule has 0 atom stereocenters. The van der Waals surface area contributed by atoms with Crippen molar-refractivity contribution in [3.8, 4) is 0 Å². The number of carbonyl (C=O) groups excluding carboxylic acids is 1. The van der Waals surface area contributed by atoms with E-state index >= 15 is 0 Å². The summed E-state index contributed by atoms with van der Waals surface area (Å²) in [5, 5.41) is 10.9. The molecule has 0 bridgehead atoms. The van der Waals surface area contributed by atoms with Crippen molar-refractivity contribution >= 4 is 11.7 Å². The number of hydrogen-bond donors (Lipinski definition) is 0. The number of anilines is 1. The van der Waals surface area contributed by atoms with Crippen LogP contribution in [0.25, 0.3) is 0 Å². The van der Waals surface area contributed by atoms with Gasteiger partial charge < -0.3 is 14.8 Å². The first-order chi connectivity index (χ1) is 7.20. The van der Waals surface area contributed by atoms with Crippen LogP contribution in [0.1, 0.15) is 28.8 Å². The molecule has 0 aromatic heterocycles. The second kappa shape index (κ2) is 3.93. The van der Waals surface area contributed by atoms with Gasteiger partial charge in [0, 0.05) is 24.3 Å². The lowest BCUT2D eigenvalue weighted by Gasteiger charge is -2.22. The Labute approximate surface area is 89.3 Å². The fourth-order valence-electron chi connectivity index (χ4n) is 2.15. The van der Waals surface area contributed by atoms with Crippen LogP contribution in [0.15, 0.2) is 18.2 Å². The minimum absolute atomic E-state index is 0.305. The highest BCUT2D eigenvalue weighted by Crippen LogP contribution is 2.26. The Balaban J connectivity index is 2.39. The predicted molar refractivity (Wildman–Crippen MR) is 57.0 cm³/mol. The van der Waals surface area contributed by atoms with E-state index in [1.54, 1.807) is 12.1 Å². The molecule has 0 radical (unpaired) electrons. The van der Waals surface area contributed by atoms with Crippen LogP contribution < -0.4 is 10.0 Å². The van der Waals surface area contributed by atoms with E-state index in [0.29, 0.717) is 5.56 Å². The van der Waals surface area contributed by atoms with Crippen molar-refractivity contribution < 1.29 is 9.90 Å². The average Bonchev–Trinajstić information content (AvgIpc) is 2.70. The van der Waals surface area contributed by atoms with E-state index in [0.717, 1.165) is 24.3 Å². The van der Waals surface area contributed by atoms with Crippen molar-refractivity contribution in [3.63, 3.8) is 0 Å². The Kier molecular flexibility index (Phi) is 2.62. The van der Waals surface area contributed by atoms with Crippen LogP contribution in [0.2, 0.25) is 0 Å². The van der Waals surface area contributed by atoms with E-state index < -0.39 is 5.97 Å². The monoisotopic (exact) mass is 204 g/mol. The fraction of sp³-hybridized carbons (Fsp3) is 0.417. The summed E-state index contributed by atoms with van der Waals surface area (Å²) in [7, 11) is 0. The van der Waals surface area contributed by atoms with Gasteiger partial charge >= 0.3 is 0 Å². The van der Waals surface area contributed by atoms with Crippen molar-refractivity contribution in [2.24, 2.45) is 0 Å². The highest BCUT2D eigenvalue weighted by Gasteiger charge is 2.15. The standard InChI is InChI=1S/C12H15NO2/c1-9-10(12(14)15)5-4-6-11(9)13-7-2-3-8-13/h4-6H,2-3,7-8H2,1H3,(H,14,15)/p-1. The number of nitrogens with zero attached hydrogens (tertiary/aromatic N) is 1. The molecule has 3 heteroatoms. The van der Waals surface area contributed by atoms with E-state index in [4.69, 9.17) is 0 Å². The normalized spacial score (nSPS) is 15.7. The summed E-state index contributed by atoms with van der Waals surface area (Å²) in [6.07, 6.45) is 2.38. The van der Waals surface area contributed by atoms with Gasteiger partial charge in [0.25, 0.3) is 0 Å². The maximum Gasteiger partial charge on any atom is 0.0718 e. The summed E-state index contributed by atoms with van der Waals surface area (Å²) in [6.45, 7) is 3.90. The molecule has 1 aromatic rings. The van der Waals surface area contributed by atoms with E-state index in [-0.39, 0.29) is 0 Å². The molecule has 0 amide bonds. The number of aromatic carboxylic acids is 1. The first kappa shape index (κ1) is 10.0. The minimum atomic E-state index is -1.09. The van der Waals surface area contributed by atoms with Crippen LogP contribution in [0.5, 0.6) is 0 Å². The van der Waals surface area contributed by atoms with Crippen LogP contribution in [0.4, 0.5) is 5.69 Å². The van der Waals surface area contributed by atoms with Gasteiger partial charge in [-0.2, -0.15) is 0 Å². The van der Waals surface area contributed by atoms with Crippen LogP contribution >= 0.6 is 0 Å². The van der Waals surface area contributed by atoms with Crippen molar-refractivity contribution in [2.45, 2.75) is 19.8 Å². The Morgan fingerprint density at radius 3 is 2.60 bits per heavy atom. The van der Waals surface area contributed by atoms with Gasteiger partial charge in [0.15, 0.2) is 0 Å². The molecular formula is C12H14NO2-. The quantitative estimate of drug-likeness (QED) is 0.720. The summed E-state index contributed by atoms with van der Waals surface area (Å²) in [6, 6.07) is 5.36. The van der Waals surface area contributed by atoms with Crippen LogP contribution in [-0.4, -0.2) is 19.1 Å². The molecular weight excluding hydrogens is 190 g/mol. The molecule has 1 aromatic carbocycles. The lowest BCUT2D eigenvalue weighted by Crippen LogP contribution is -2.25. The third kappa shape index (κ3) is 1.82. The fourth-order valence-corrected chi connectivity index (χ4v) is 2.15. The van der Waals surface area contributed by atoms with Gasteiger partial charge in [-0.05, 0) is 31.4 Å². The third-order valence-corrected chi connectivity index (χ3v) is 2.97. The van der Waals surface area contributed by atoms with Crippen LogP contribution in [-0.2, 0) is 0 Å². The Morgan fingerprint density at radius 2 is 2.00 bits per heavy atom. The summed E-state index contributed by atoms with van der Waals surface area (Å²) < 4.78 is 0. The summed E-state index contributed by atoms with van der Waals surface area (Å²) in [5.74, 6) is -1.09. The molecule has 2 rings (SSSR count). The lowest BCUT2D eigenvalue weighted by molar-refractivity contribution is -0.255. The smallest absolute Gasteiger partial charge is 0.0718 e. The zero-order valence-corrected chi connectivity index (χ0v) is 8.82. The Hall–Kier alpha value is -1.51. The second-order valence-corrected chi connectivity index (χ2v) is 3.93. The second-order valence-electron chi connectivity index (χ2n) is 3.93. The number of rotatable bonds is 2. The molecule has 0 unspecified atom stereocenters. The molecule has 0 spiro atoms. The molecule has 0 N–H and O–H groups in total. The maximum atomic E-state index is 10.9. The molecule has 15 heavy (non-hydrogen) atoms. The first-order valence-corrected chi connectivity index (χ1v) is 5.26. The van der Waals surface area contributed by atoms with Crippen LogP contribution in [0, 0.1) is 6.92 Å². The Bertz CT molecular complexity index is 381. The third-order valence-electron chi connectivity index (χ3n) is 2.97. The number of benzene rings is 1. The molecule has 0 aliphatic carbocycles. The minimum Gasteiger partial charge on any atom is -0.545 e. The van der Waals surface area contributed by atoms with Gasteiger partial charge in [-0.25, -0.2) is 0 Å². The van der Waals surface area contributed by atoms with E-state index in [1.807, 2.05) is 13.0 Å². The summed E-state index contributed by atoms with van der Waals surface area (Å²) in [5.41, 5.74) is 2.16. The van der Waals surface area contributed by atoms with Crippen LogP contribution in [0.3, 0.4) is 0 Å². The van der Waals surface area contributed by atoms with Crippen molar-refractivity contribution in [3.05, 3.63) is 29.3 Å². The highest BCUT2D eigenvalue weighted by molar-refractivity contribution is 5.89. The predicted octanol–water partition coefficient (Wildman–Crippen LogP) is 0.959. The van der Waals surface area contributed by atoms with Crippen molar-refractivity contribution in [1.82, 2.24) is 0 Å². The lowest BCUT2D eigenvalue weighted by atomic mass is 10.1. The Morgan fingerprint density at radius 1 is 1.33 bits per heavy atom. The van der Waals surface area contributed by atoms with Gasteiger partial charge in [-0.1, -0.05) is 12.1 Å². The zero-order chi connectivity index (χ0) is 10.8. The molecule has 80 valence electrons. The molecule has 1 heterocycles. The summed E-state index contributed by atoms with van der Waals surface area (Å²) >= 11 is 0. The average molecular weight is 204 g/mol.